The molecule has 9 heteroatoms. The summed E-state index contributed by atoms with van der Waals surface area (Å²) >= 11 is 0. The largest absolute Gasteiger partial charge is 0.291 e. The molecule has 2 aromatic rings. The minimum Gasteiger partial charge on any atom is -0.291 e. The molecule has 0 radical (unpaired) electrons. The molecule has 0 unspecified atom stereocenters. The Labute approximate surface area is 120 Å². The van der Waals surface area contributed by atoms with E-state index >= 15 is 0 Å². The smallest absolute Gasteiger partial charge is 0.273 e. The lowest BCUT2D eigenvalue weighted by Crippen LogP contribution is -2.29. The summed E-state index contributed by atoms with van der Waals surface area (Å²) in [6, 6.07) is 2.91. The fraction of sp³-hybridized carbons (Fsp3) is 0.333. The Bertz CT molecular complexity index is 794. The first-order valence-corrected chi connectivity index (χ1v) is 7.50. The second-order valence-electron chi connectivity index (χ2n) is 5.48. The van der Waals surface area contributed by atoms with E-state index in [1.54, 1.807) is 20.8 Å². The molecule has 0 aliphatic carbocycles. The third-order valence-electron chi connectivity index (χ3n) is 2.73. The number of nitrogens with zero attached hydrogens (tertiary/aromatic N) is 3. The molecule has 0 amide bonds. The van der Waals surface area contributed by atoms with Gasteiger partial charge in [-0.3, -0.25) is 4.57 Å². The molecule has 0 atom stereocenters. The Kier molecular flexibility index (Phi) is 3.58. The van der Waals surface area contributed by atoms with Gasteiger partial charge in [-0.25, -0.2) is 22.3 Å². The number of nitrogens with two attached hydrogens (primary N) is 1. The van der Waals surface area contributed by atoms with Crippen LogP contribution in [0, 0.1) is 11.6 Å². The highest BCUT2D eigenvalue weighted by molar-refractivity contribution is 7.89. The van der Waals surface area contributed by atoms with Crippen LogP contribution in [-0.2, 0) is 15.6 Å². The monoisotopic (exact) mass is 316 g/mol. The molecule has 1 aromatic heterocycles. The van der Waals surface area contributed by atoms with E-state index in [2.05, 4.69) is 10.2 Å². The van der Waals surface area contributed by atoms with Gasteiger partial charge in [0.15, 0.2) is 5.82 Å². The lowest BCUT2D eigenvalue weighted by molar-refractivity contribution is 0.365. The quantitative estimate of drug-likeness (QED) is 0.911. The van der Waals surface area contributed by atoms with Crippen molar-refractivity contribution < 1.29 is 17.2 Å². The molecule has 1 heterocycles. The fourth-order valence-corrected chi connectivity index (χ4v) is 2.67. The van der Waals surface area contributed by atoms with Crippen LogP contribution in [0.1, 0.15) is 20.8 Å². The molecule has 114 valence electrons. The lowest BCUT2D eigenvalue weighted by Gasteiger charge is -2.24. The SMILES string of the molecule is CC(C)(C)n1c(-c2ccc(F)cc2F)nnc1S(N)(=O)=O. The van der Waals surface area contributed by atoms with E-state index < -0.39 is 32.4 Å². The van der Waals surface area contributed by atoms with Gasteiger partial charge in [-0.05, 0) is 32.9 Å². The zero-order valence-corrected chi connectivity index (χ0v) is 12.4. The molecule has 0 aliphatic rings. The van der Waals surface area contributed by atoms with E-state index in [1.165, 1.54) is 10.6 Å². The Morgan fingerprint density at radius 2 is 1.81 bits per heavy atom. The van der Waals surface area contributed by atoms with E-state index in [0.717, 1.165) is 6.07 Å². The fourth-order valence-electron chi connectivity index (χ4n) is 1.90. The highest BCUT2D eigenvalue weighted by Gasteiger charge is 2.30. The second-order valence-corrected chi connectivity index (χ2v) is 6.94. The van der Waals surface area contributed by atoms with Gasteiger partial charge in [-0.15, -0.1) is 10.2 Å². The lowest BCUT2D eigenvalue weighted by atomic mass is 10.1. The van der Waals surface area contributed by atoms with E-state index in [9.17, 15) is 17.2 Å². The minimum absolute atomic E-state index is 0.0379. The van der Waals surface area contributed by atoms with Crippen molar-refractivity contribution in [2.24, 2.45) is 5.14 Å². The molecule has 2 N–H and O–H groups in total. The first-order chi connectivity index (χ1) is 9.51. The highest BCUT2D eigenvalue weighted by Crippen LogP contribution is 2.29. The van der Waals surface area contributed by atoms with E-state index in [4.69, 9.17) is 5.14 Å². The number of sulfonamides is 1. The molecule has 0 aliphatic heterocycles. The van der Waals surface area contributed by atoms with Crippen LogP contribution in [0.2, 0.25) is 0 Å². The highest BCUT2D eigenvalue weighted by atomic mass is 32.2. The summed E-state index contributed by atoms with van der Waals surface area (Å²) in [6.45, 7) is 5.07. The molecule has 0 spiro atoms. The van der Waals surface area contributed by atoms with Gasteiger partial charge in [0.25, 0.3) is 15.2 Å². The number of primary sulfonamides is 1. The van der Waals surface area contributed by atoms with Crippen LogP contribution < -0.4 is 5.14 Å². The van der Waals surface area contributed by atoms with Crippen molar-refractivity contribution in [1.29, 1.82) is 0 Å². The van der Waals surface area contributed by atoms with Gasteiger partial charge >= 0.3 is 0 Å². The van der Waals surface area contributed by atoms with Gasteiger partial charge in [-0.1, -0.05) is 0 Å². The molecule has 6 nitrogen and oxygen atoms in total. The molecule has 0 saturated heterocycles. The number of benzene rings is 1. The molecule has 0 fully saturated rings. The van der Waals surface area contributed by atoms with Crippen LogP contribution in [0.25, 0.3) is 11.4 Å². The predicted octanol–water partition coefficient (Wildman–Crippen LogP) is 1.63. The van der Waals surface area contributed by atoms with Crippen molar-refractivity contribution >= 4 is 10.0 Å². The van der Waals surface area contributed by atoms with Gasteiger partial charge in [-0.2, -0.15) is 0 Å². The van der Waals surface area contributed by atoms with E-state index in [-0.39, 0.29) is 11.4 Å². The summed E-state index contributed by atoms with van der Waals surface area (Å²) in [7, 11) is -4.13. The topological polar surface area (TPSA) is 90.9 Å². The van der Waals surface area contributed by atoms with Crippen LogP contribution in [0.5, 0.6) is 0 Å². The van der Waals surface area contributed by atoms with Crippen LogP contribution in [0.4, 0.5) is 8.78 Å². The van der Waals surface area contributed by atoms with Crippen LogP contribution in [0.3, 0.4) is 0 Å². The normalized spacial score (nSPS) is 12.7. The second kappa shape index (κ2) is 4.85. The first-order valence-electron chi connectivity index (χ1n) is 5.96. The summed E-state index contributed by atoms with van der Waals surface area (Å²) < 4.78 is 51.3. The summed E-state index contributed by atoms with van der Waals surface area (Å²) in [5, 5.41) is 11.9. The number of hydrogen-bond acceptors (Lipinski definition) is 4. The number of rotatable bonds is 2. The molecule has 1 aromatic carbocycles. The maximum atomic E-state index is 13.9. The molecule has 2 rings (SSSR count). The molecule has 0 bridgehead atoms. The van der Waals surface area contributed by atoms with Crippen molar-refractivity contribution in [3.05, 3.63) is 29.8 Å². The Balaban J connectivity index is 2.80. The van der Waals surface area contributed by atoms with Gasteiger partial charge in [0, 0.05) is 11.6 Å². The average Bonchev–Trinajstić information content (AvgIpc) is 2.72. The van der Waals surface area contributed by atoms with E-state index in [1.807, 2.05) is 0 Å². The standard InChI is InChI=1S/C12H14F2N4O2S/c1-12(2,3)18-10(16-17-11(18)21(15,19)20)8-5-4-7(13)6-9(8)14/h4-6H,1-3H3,(H2,15,19,20). The maximum absolute atomic E-state index is 13.9. The summed E-state index contributed by atoms with van der Waals surface area (Å²) in [4.78, 5) is 0. The summed E-state index contributed by atoms with van der Waals surface area (Å²) in [5.74, 6) is -1.65. The van der Waals surface area contributed by atoms with Crippen molar-refractivity contribution in [2.45, 2.75) is 31.5 Å². The van der Waals surface area contributed by atoms with Gasteiger partial charge < -0.3 is 0 Å². The Morgan fingerprint density at radius 1 is 1.19 bits per heavy atom. The summed E-state index contributed by atoms with van der Waals surface area (Å²) in [5.41, 5.74) is -0.838. The molecule has 0 saturated carbocycles. The Morgan fingerprint density at radius 3 is 2.29 bits per heavy atom. The number of hydrogen-bond donors (Lipinski definition) is 1. The van der Waals surface area contributed by atoms with Crippen molar-refractivity contribution in [2.75, 3.05) is 0 Å². The van der Waals surface area contributed by atoms with Crippen LogP contribution in [0.15, 0.2) is 23.4 Å². The zero-order chi connectivity index (χ0) is 16.0. The summed E-state index contributed by atoms with van der Waals surface area (Å²) in [6.07, 6.45) is 0. The minimum atomic E-state index is -4.13. The third kappa shape index (κ3) is 2.93. The van der Waals surface area contributed by atoms with Gasteiger partial charge in [0.1, 0.15) is 11.6 Å². The Hall–Kier alpha value is -1.87. The maximum Gasteiger partial charge on any atom is 0.273 e. The molecular weight excluding hydrogens is 302 g/mol. The average molecular weight is 316 g/mol. The number of halogens is 2. The van der Waals surface area contributed by atoms with Crippen molar-refractivity contribution in [3.8, 4) is 11.4 Å². The van der Waals surface area contributed by atoms with Crippen molar-refractivity contribution in [1.82, 2.24) is 14.8 Å². The van der Waals surface area contributed by atoms with E-state index in [0.29, 0.717) is 6.07 Å². The molecular formula is C12H14F2N4O2S. The van der Waals surface area contributed by atoms with Crippen LogP contribution in [-0.4, -0.2) is 23.2 Å². The van der Waals surface area contributed by atoms with Crippen molar-refractivity contribution in [3.63, 3.8) is 0 Å². The van der Waals surface area contributed by atoms with Crippen LogP contribution >= 0.6 is 0 Å². The first kappa shape index (κ1) is 15.5. The molecule has 21 heavy (non-hydrogen) atoms. The van der Waals surface area contributed by atoms with Gasteiger partial charge in [0.2, 0.25) is 0 Å². The zero-order valence-electron chi connectivity index (χ0n) is 11.6. The third-order valence-corrected chi connectivity index (χ3v) is 3.50. The predicted molar refractivity (Wildman–Crippen MR) is 71.7 cm³/mol. The number of aromatic nitrogens is 3. The van der Waals surface area contributed by atoms with Gasteiger partial charge in [0.05, 0.1) is 5.56 Å².